The van der Waals surface area contributed by atoms with E-state index in [1.54, 1.807) is 18.3 Å². The van der Waals surface area contributed by atoms with Crippen molar-refractivity contribution in [1.82, 2.24) is 9.97 Å². The average Bonchev–Trinajstić information content (AvgIpc) is 2.29. The van der Waals surface area contributed by atoms with Crippen LogP contribution < -0.4 is 5.32 Å². The maximum atomic E-state index is 13.0. The molecule has 0 radical (unpaired) electrons. The number of rotatable bonds is 3. The van der Waals surface area contributed by atoms with Crippen molar-refractivity contribution < 1.29 is 4.39 Å². The topological polar surface area (TPSA) is 37.8 Å². The van der Waals surface area contributed by atoms with Crippen molar-refractivity contribution in [2.24, 2.45) is 0 Å². The molecular formula is C13H14FN3. The van der Waals surface area contributed by atoms with Gasteiger partial charge in [-0.2, -0.15) is 0 Å². The highest BCUT2D eigenvalue weighted by Gasteiger charge is 2.03. The van der Waals surface area contributed by atoms with Crippen molar-refractivity contribution in [2.75, 3.05) is 5.32 Å². The van der Waals surface area contributed by atoms with E-state index in [0.717, 1.165) is 5.69 Å². The Morgan fingerprint density at radius 3 is 2.76 bits per heavy atom. The van der Waals surface area contributed by atoms with E-state index >= 15 is 0 Å². The molecule has 0 aliphatic heterocycles. The highest BCUT2D eigenvalue weighted by Crippen LogP contribution is 2.16. The summed E-state index contributed by atoms with van der Waals surface area (Å²) in [7, 11) is 0. The summed E-state index contributed by atoms with van der Waals surface area (Å²) in [5.74, 6) is 0.544. The molecule has 0 aliphatic rings. The van der Waals surface area contributed by atoms with E-state index in [1.165, 1.54) is 12.1 Å². The second-order valence-electron chi connectivity index (χ2n) is 4.10. The van der Waals surface area contributed by atoms with Crippen molar-refractivity contribution in [3.05, 3.63) is 48.0 Å². The summed E-state index contributed by atoms with van der Waals surface area (Å²) < 4.78 is 13.0. The molecule has 0 aliphatic carbocycles. The molecule has 0 spiro atoms. The third-order valence-electron chi connectivity index (χ3n) is 2.35. The van der Waals surface area contributed by atoms with E-state index in [-0.39, 0.29) is 5.82 Å². The molecule has 0 saturated heterocycles. The molecular weight excluding hydrogens is 217 g/mol. The zero-order valence-electron chi connectivity index (χ0n) is 9.81. The van der Waals surface area contributed by atoms with Gasteiger partial charge in [-0.3, -0.25) is 0 Å². The summed E-state index contributed by atoms with van der Waals surface area (Å²) in [6.07, 6.45) is 1.70. The fourth-order valence-corrected chi connectivity index (χ4v) is 1.45. The molecule has 88 valence electrons. The number of nitrogens with zero attached hydrogens (tertiary/aromatic N) is 2. The lowest BCUT2D eigenvalue weighted by Crippen LogP contribution is -2.00. The lowest BCUT2D eigenvalue weighted by Gasteiger charge is -2.08. The molecule has 0 atom stereocenters. The smallest absolute Gasteiger partial charge is 0.227 e. The summed E-state index contributed by atoms with van der Waals surface area (Å²) in [6.45, 7) is 4.13. The summed E-state index contributed by atoms with van der Waals surface area (Å²) in [5, 5.41) is 2.98. The van der Waals surface area contributed by atoms with Gasteiger partial charge in [-0.25, -0.2) is 14.4 Å². The molecule has 2 aromatic rings. The normalized spacial score (nSPS) is 10.6. The first-order valence-corrected chi connectivity index (χ1v) is 5.50. The second-order valence-corrected chi connectivity index (χ2v) is 4.10. The minimum atomic E-state index is -0.282. The van der Waals surface area contributed by atoms with Crippen LogP contribution in [-0.4, -0.2) is 9.97 Å². The number of hydrogen-bond acceptors (Lipinski definition) is 3. The predicted octanol–water partition coefficient (Wildman–Crippen LogP) is 3.48. The zero-order chi connectivity index (χ0) is 12.3. The fraction of sp³-hybridized carbons (Fsp3) is 0.231. The number of nitrogens with one attached hydrogen (secondary N) is 1. The summed E-state index contributed by atoms with van der Waals surface area (Å²) in [5.41, 5.74) is 1.60. The number of halogens is 1. The maximum Gasteiger partial charge on any atom is 0.227 e. The average molecular weight is 231 g/mol. The van der Waals surface area contributed by atoms with Gasteiger partial charge in [0.2, 0.25) is 5.95 Å². The first kappa shape index (κ1) is 11.5. The van der Waals surface area contributed by atoms with Crippen molar-refractivity contribution in [3.63, 3.8) is 0 Å². The standard InChI is InChI=1S/C13H14FN3/c1-9(2)12-6-7-15-13(17-12)16-11-5-3-4-10(14)8-11/h3-9H,1-2H3,(H,15,16,17). The van der Waals surface area contributed by atoms with Crippen LogP contribution in [0, 0.1) is 5.82 Å². The van der Waals surface area contributed by atoms with E-state index < -0.39 is 0 Å². The lowest BCUT2D eigenvalue weighted by molar-refractivity contribution is 0.628. The van der Waals surface area contributed by atoms with Gasteiger partial charge in [0.1, 0.15) is 5.82 Å². The van der Waals surface area contributed by atoms with Gasteiger partial charge in [-0.05, 0) is 30.2 Å². The van der Waals surface area contributed by atoms with E-state index in [4.69, 9.17) is 0 Å². The molecule has 1 aromatic heterocycles. The minimum Gasteiger partial charge on any atom is -0.324 e. The monoisotopic (exact) mass is 231 g/mol. The summed E-state index contributed by atoms with van der Waals surface area (Å²) in [6, 6.07) is 8.10. The largest absolute Gasteiger partial charge is 0.324 e. The molecule has 0 bridgehead atoms. The Kier molecular flexibility index (Phi) is 3.32. The van der Waals surface area contributed by atoms with Crippen molar-refractivity contribution >= 4 is 11.6 Å². The molecule has 0 saturated carbocycles. The molecule has 3 nitrogen and oxygen atoms in total. The number of benzene rings is 1. The molecule has 0 fully saturated rings. The predicted molar refractivity (Wildman–Crippen MR) is 65.8 cm³/mol. The van der Waals surface area contributed by atoms with E-state index in [9.17, 15) is 4.39 Å². The molecule has 4 heteroatoms. The van der Waals surface area contributed by atoms with Crippen LogP contribution in [0.1, 0.15) is 25.5 Å². The summed E-state index contributed by atoms with van der Waals surface area (Å²) >= 11 is 0. The third-order valence-corrected chi connectivity index (χ3v) is 2.35. The Hall–Kier alpha value is -1.97. The van der Waals surface area contributed by atoms with E-state index in [2.05, 4.69) is 29.1 Å². The Labute approximate surface area is 99.7 Å². The molecule has 17 heavy (non-hydrogen) atoms. The van der Waals surface area contributed by atoms with E-state index in [1.807, 2.05) is 6.07 Å². The molecule has 0 unspecified atom stereocenters. The van der Waals surface area contributed by atoms with Gasteiger partial charge in [-0.1, -0.05) is 19.9 Å². The highest BCUT2D eigenvalue weighted by molar-refractivity contribution is 5.52. The number of hydrogen-bond donors (Lipinski definition) is 1. The number of anilines is 2. The van der Waals surface area contributed by atoms with Gasteiger partial charge in [0, 0.05) is 17.6 Å². The second kappa shape index (κ2) is 4.91. The van der Waals surface area contributed by atoms with Crippen LogP contribution in [0.3, 0.4) is 0 Å². The molecule has 2 rings (SSSR count). The highest BCUT2D eigenvalue weighted by atomic mass is 19.1. The Bertz CT molecular complexity index is 512. The Morgan fingerprint density at radius 1 is 1.24 bits per heavy atom. The lowest BCUT2D eigenvalue weighted by atomic mass is 10.1. The summed E-state index contributed by atoms with van der Waals surface area (Å²) in [4.78, 5) is 8.45. The first-order valence-electron chi connectivity index (χ1n) is 5.50. The van der Waals surface area contributed by atoms with Crippen molar-refractivity contribution in [2.45, 2.75) is 19.8 Å². The Morgan fingerprint density at radius 2 is 2.06 bits per heavy atom. The van der Waals surface area contributed by atoms with Crippen molar-refractivity contribution in [3.8, 4) is 0 Å². The van der Waals surface area contributed by atoms with Crippen LogP contribution in [0.15, 0.2) is 36.5 Å². The van der Waals surface area contributed by atoms with Gasteiger partial charge in [0.05, 0.1) is 0 Å². The van der Waals surface area contributed by atoms with Crippen LogP contribution in [-0.2, 0) is 0 Å². The van der Waals surface area contributed by atoms with Gasteiger partial charge in [0.25, 0.3) is 0 Å². The van der Waals surface area contributed by atoms with Crippen LogP contribution in [0.2, 0.25) is 0 Å². The van der Waals surface area contributed by atoms with E-state index in [0.29, 0.717) is 17.6 Å². The minimum absolute atomic E-state index is 0.282. The van der Waals surface area contributed by atoms with Gasteiger partial charge >= 0.3 is 0 Å². The SMILES string of the molecule is CC(C)c1ccnc(Nc2cccc(F)c2)n1. The fourth-order valence-electron chi connectivity index (χ4n) is 1.45. The van der Waals surface area contributed by atoms with Gasteiger partial charge in [-0.15, -0.1) is 0 Å². The van der Waals surface area contributed by atoms with Crippen LogP contribution in [0.5, 0.6) is 0 Å². The molecule has 1 N–H and O–H groups in total. The van der Waals surface area contributed by atoms with Crippen LogP contribution in [0.25, 0.3) is 0 Å². The van der Waals surface area contributed by atoms with Gasteiger partial charge < -0.3 is 5.32 Å². The molecule has 0 amide bonds. The quantitative estimate of drug-likeness (QED) is 0.878. The van der Waals surface area contributed by atoms with Gasteiger partial charge in [0.15, 0.2) is 0 Å². The molecule has 1 aromatic carbocycles. The molecule has 1 heterocycles. The first-order chi connectivity index (χ1) is 8.15. The Balaban J connectivity index is 2.21. The van der Waals surface area contributed by atoms with Crippen molar-refractivity contribution in [1.29, 1.82) is 0 Å². The zero-order valence-corrected chi connectivity index (χ0v) is 9.81. The van der Waals surface area contributed by atoms with Crippen LogP contribution in [0.4, 0.5) is 16.0 Å². The number of aromatic nitrogens is 2. The third kappa shape index (κ3) is 3.00. The van der Waals surface area contributed by atoms with Crippen LogP contribution >= 0.6 is 0 Å². The maximum absolute atomic E-state index is 13.0.